The molecule has 0 radical (unpaired) electrons. The minimum atomic E-state index is 0.263. The van der Waals surface area contributed by atoms with E-state index in [4.69, 9.17) is 5.73 Å². The normalized spacial score (nSPS) is 18.2. The van der Waals surface area contributed by atoms with E-state index in [-0.39, 0.29) is 5.41 Å². The fraction of sp³-hybridized carbons (Fsp3) is 1.00. The first-order valence-corrected chi connectivity index (χ1v) is 5.89. The lowest BCUT2D eigenvalue weighted by atomic mass is 9.92. The van der Waals surface area contributed by atoms with Crippen LogP contribution in [0, 0.1) is 11.3 Å². The molecule has 0 aliphatic heterocycles. The fourth-order valence-electron chi connectivity index (χ4n) is 1.70. The summed E-state index contributed by atoms with van der Waals surface area (Å²) < 4.78 is 0. The maximum atomic E-state index is 5.77. The molecule has 84 valence electrons. The lowest BCUT2D eigenvalue weighted by molar-refractivity contribution is 0.143. The zero-order chi connectivity index (χ0) is 10.8. The maximum absolute atomic E-state index is 5.77. The van der Waals surface area contributed by atoms with Crippen LogP contribution in [-0.2, 0) is 0 Å². The van der Waals surface area contributed by atoms with Crippen molar-refractivity contribution >= 4 is 0 Å². The van der Waals surface area contributed by atoms with Crippen LogP contribution in [0.15, 0.2) is 0 Å². The molecule has 0 aromatic carbocycles. The highest BCUT2D eigenvalue weighted by Crippen LogP contribution is 2.31. The molecular formula is C12H26N2. The van der Waals surface area contributed by atoms with E-state index in [1.807, 2.05) is 0 Å². The van der Waals surface area contributed by atoms with Crippen LogP contribution in [0.25, 0.3) is 0 Å². The quantitative estimate of drug-likeness (QED) is 0.708. The number of nitrogens with two attached hydrogens (primary N) is 1. The van der Waals surface area contributed by atoms with Crippen LogP contribution in [0.4, 0.5) is 0 Å². The van der Waals surface area contributed by atoms with Crippen molar-refractivity contribution in [2.75, 3.05) is 19.6 Å². The Morgan fingerprint density at radius 2 is 1.93 bits per heavy atom. The molecule has 0 unspecified atom stereocenters. The van der Waals surface area contributed by atoms with Gasteiger partial charge in [-0.2, -0.15) is 0 Å². The topological polar surface area (TPSA) is 29.3 Å². The minimum Gasteiger partial charge on any atom is -0.330 e. The standard InChI is InChI=1S/C12H26N2/c1-10(2)14(7-11-5-6-11)9-12(3,4)8-13/h10-11H,5-9,13H2,1-4H3. The second kappa shape index (κ2) is 4.63. The molecule has 0 bridgehead atoms. The van der Waals surface area contributed by atoms with Gasteiger partial charge in [-0.15, -0.1) is 0 Å². The van der Waals surface area contributed by atoms with Gasteiger partial charge in [0, 0.05) is 19.1 Å². The van der Waals surface area contributed by atoms with Crippen molar-refractivity contribution in [2.45, 2.75) is 46.6 Å². The van der Waals surface area contributed by atoms with Gasteiger partial charge < -0.3 is 10.6 Å². The summed E-state index contributed by atoms with van der Waals surface area (Å²) in [6.45, 7) is 12.3. The first-order chi connectivity index (χ1) is 6.44. The molecule has 1 saturated carbocycles. The molecule has 1 aliphatic carbocycles. The molecule has 1 aliphatic rings. The summed E-state index contributed by atoms with van der Waals surface area (Å²) in [5.74, 6) is 0.978. The van der Waals surface area contributed by atoms with Crippen LogP contribution in [0.5, 0.6) is 0 Å². The van der Waals surface area contributed by atoms with Gasteiger partial charge in [0.1, 0.15) is 0 Å². The summed E-state index contributed by atoms with van der Waals surface area (Å²) in [5, 5.41) is 0. The highest BCUT2D eigenvalue weighted by Gasteiger charge is 2.28. The predicted molar refractivity (Wildman–Crippen MR) is 62.3 cm³/mol. The van der Waals surface area contributed by atoms with Gasteiger partial charge in [-0.3, -0.25) is 0 Å². The molecule has 2 N–H and O–H groups in total. The lowest BCUT2D eigenvalue weighted by Crippen LogP contribution is -2.43. The Labute approximate surface area is 88.8 Å². The number of hydrogen-bond donors (Lipinski definition) is 1. The van der Waals surface area contributed by atoms with Gasteiger partial charge >= 0.3 is 0 Å². The van der Waals surface area contributed by atoms with Crippen molar-refractivity contribution in [3.05, 3.63) is 0 Å². The molecule has 0 atom stereocenters. The minimum absolute atomic E-state index is 0.263. The van der Waals surface area contributed by atoms with E-state index < -0.39 is 0 Å². The highest BCUT2D eigenvalue weighted by atomic mass is 15.2. The first-order valence-electron chi connectivity index (χ1n) is 5.89. The van der Waals surface area contributed by atoms with Gasteiger partial charge in [0.25, 0.3) is 0 Å². The van der Waals surface area contributed by atoms with E-state index >= 15 is 0 Å². The predicted octanol–water partition coefficient (Wildman–Crippen LogP) is 2.09. The van der Waals surface area contributed by atoms with Crippen LogP contribution in [-0.4, -0.2) is 30.6 Å². The Hall–Kier alpha value is -0.0800. The van der Waals surface area contributed by atoms with Gasteiger partial charge in [0.2, 0.25) is 0 Å². The second-order valence-electron chi connectivity index (χ2n) is 5.83. The third kappa shape index (κ3) is 3.97. The molecule has 1 fully saturated rings. The highest BCUT2D eigenvalue weighted by molar-refractivity contribution is 4.82. The van der Waals surface area contributed by atoms with Crippen molar-refractivity contribution < 1.29 is 0 Å². The van der Waals surface area contributed by atoms with Crippen LogP contribution in [0.1, 0.15) is 40.5 Å². The average molecular weight is 198 g/mol. The zero-order valence-electron chi connectivity index (χ0n) is 10.2. The van der Waals surface area contributed by atoms with Crippen molar-refractivity contribution in [1.82, 2.24) is 4.90 Å². The molecular weight excluding hydrogens is 172 g/mol. The second-order valence-corrected chi connectivity index (χ2v) is 5.83. The molecule has 0 heterocycles. The summed E-state index contributed by atoms with van der Waals surface area (Å²) in [7, 11) is 0. The van der Waals surface area contributed by atoms with E-state index in [1.165, 1.54) is 19.4 Å². The van der Waals surface area contributed by atoms with Gasteiger partial charge in [-0.05, 0) is 44.6 Å². The summed E-state index contributed by atoms with van der Waals surface area (Å²) in [6, 6.07) is 0.654. The molecule has 0 amide bonds. The van der Waals surface area contributed by atoms with E-state index in [2.05, 4.69) is 32.6 Å². The summed E-state index contributed by atoms with van der Waals surface area (Å²) >= 11 is 0. The molecule has 14 heavy (non-hydrogen) atoms. The maximum Gasteiger partial charge on any atom is 0.00476 e. The number of rotatable bonds is 6. The molecule has 2 heteroatoms. The van der Waals surface area contributed by atoms with Gasteiger partial charge in [-0.1, -0.05) is 13.8 Å². The third-order valence-corrected chi connectivity index (χ3v) is 3.10. The van der Waals surface area contributed by atoms with E-state index in [0.29, 0.717) is 6.04 Å². The van der Waals surface area contributed by atoms with E-state index in [1.54, 1.807) is 0 Å². The van der Waals surface area contributed by atoms with Crippen molar-refractivity contribution in [3.8, 4) is 0 Å². The Morgan fingerprint density at radius 3 is 2.29 bits per heavy atom. The van der Waals surface area contributed by atoms with Crippen molar-refractivity contribution in [2.24, 2.45) is 17.1 Å². The van der Waals surface area contributed by atoms with Gasteiger partial charge in [-0.25, -0.2) is 0 Å². The van der Waals surface area contributed by atoms with Crippen LogP contribution < -0.4 is 5.73 Å². The van der Waals surface area contributed by atoms with E-state index in [0.717, 1.165) is 19.0 Å². The fourth-order valence-corrected chi connectivity index (χ4v) is 1.70. The van der Waals surface area contributed by atoms with Gasteiger partial charge in [0.05, 0.1) is 0 Å². The molecule has 0 aromatic heterocycles. The summed E-state index contributed by atoms with van der Waals surface area (Å²) in [6.07, 6.45) is 2.87. The Morgan fingerprint density at radius 1 is 1.36 bits per heavy atom. The zero-order valence-corrected chi connectivity index (χ0v) is 10.2. The number of nitrogens with zero attached hydrogens (tertiary/aromatic N) is 1. The van der Waals surface area contributed by atoms with Gasteiger partial charge in [0.15, 0.2) is 0 Å². The Bertz CT molecular complexity index is 171. The molecule has 0 aromatic rings. The number of hydrogen-bond acceptors (Lipinski definition) is 2. The third-order valence-electron chi connectivity index (χ3n) is 3.10. The van der Waals surface area contributed by atoms with E-state index in [9.17, 15) is 0 Å². The molecule has 0 saturated heterocycles. The lowest BCUT2D eigenvalue weighted by Gasteiger charge is -2.34. The van der Waals surface area contributed by atoms with Crippen LogP contribution in [0.3, 0.4) is 0 Å². The molecule has 1 rings (SSSR count). The summed E-state index contributed by atoms with van der Waals surface area (Å²) in [5.41, 5.74) is 6.04. The first kappa shape index (κ1) is 12.0. The Balaban J connectivity index is 2.41. The van der Waals surface area contributed by atoms with Crippen molar-refractivity contribution in [3.63, 3.8) is 0 Å². The smallest absolute Gasteiger partial charge is 0.00476 e. The van der Waals surface area contributed by atoms with Crippen molar-refractivity contribution in [1.29, 1.82) is 0 Å². The Kier molecular flexibility index (Phi) is 3.96. The summed E-state index contributed by atoms with van der Waals surface area (Å²) in [4.78, 5) is 2.59. The van der Waals surface area contributed by atoms with Crippen LogP contribution in [0.2, 0.25) is 0 Å². The van der Waals surface area contributed by atoms with Crippen LogP contribution >= 0.6 is 0 Å². The molecule has 0 spiro atoms. The monoisotopic (exact) mass is 198 g/mol. The average Bonchev–Trinajstić information content (AvgIpc) is 2.86. The largest absolute Gasteiger partial charge is 0.330 e. The molecule has 2 nitrogen and oxygen atoms in total. The SMILES string of the molecule is CC(C)N(CC1CC1)CC(C)(C)CN.